The molecule has 11 atom stereocenters. The third kappa shape index (κ3) is 4.95. The van der Waals surface area contributed by atoms with E-state index in [0.29, 0.717) is 25.2 Å². The average molecular weight is 596 g/mol. The number of carbonyl (C=O) groups is 1. The summed E-state index contributed by atoms with van der Waals surface area (Å²) in [4.78, 5) is 12.7. The third-order valence-corrected chi connectivity index (χ3v) is 13.7. The first-order valence-electron chi connectivity index (χ1n) is 15.5. The number of benzene rings is 1. The van der Waals surface area contributed by atoms with Crippen LogP contribution in [0.4, 0.5) is 8.78 Å². The fraction of sp³-hybridized carbons (Fsp3) is 0.781. The smallest absolute Gasteiger partial charge is 0.277 e. The summed E-state index contributed by atoms with van der Waals surface area (Å²) >= 11 is 0. The fourth-order valence-electron chi connectivity index (χ4n) is 10.4. The summed E-state index contributed by atoms with van der Waals surface area (Å²) in [6.45, 7) is 8.32. The first kappa shape index (κ1) is 30.9. The Balaban J connectivity index is 1.30. The van der Waals surface area contributed by atoms with E-state index in [1.807, 2.05) is 13.8 Å². The van der Waals surface area contributed by atoms with Gasteiger partial charge in [-0.2, -0.15) is 0 Å². The maximum Gasteiger partial charge on any atom is 0.277 e. The molecule has 1 aromatic carbocycles. The van der Waals surface area contributed by atoms with Crippen LogP contribution in [0.3, 0.4) is 0 Å². The zero-order chi connectivity index (χ0) is 30.0. The minimum absolute atomic E-state index is 0.00947. The van der Waals surface area contributed by atoms with Gasteiger partial charge >= 0.3 is 0 Å². The van der Waals surface area contributed by atoms with Gasteiger partial charge in [0.25, 0.3) is 15.9 Å². The molecule has 1 aromatic rings. The van der Waals surface area contributed by atoms with Gasteiger partial charge in [-0.25, -0.2) is 21.9 Å². The van der Waals surface area contributed by atoms with Crippen LogP contribution < -0.4 is 4.72 Å². The van der Waals surface area contributed by atoms with Gasteiger partial charge in [-0.05, 0) is 103 Å². The molecule has 0 spiro atoms. The Labute approximate surface area is 243 Å². The molecule has 9 heteroatoms. The highest BCUT2D eigenvalue weighted by atomic mass is 32.2. The maximum atomic E-state index is 15.6. The molecule has 0 radical (unpaired) electrons. The predicted octanol–water partition coefficient (Wildman–Crippen LogP) is 5.78. The second-order valence-electron chi connectivity index (χ2n) is 14.2. The zero-order valence-electron chi connectivity index (χ0n) is 24.7. The summed E-state index contributed by atoms with van der Waals surface area (Å²) in [6.07, 6.45) is 2.85. The molecule has 4 saturated carbocycles. The predicted molar refractivity (Wildman–Crippen MR) is 152 cm³/mol. The number of aliphatic hydroxyl groups excluding tert-OH is 2. The minimum Gasteiger partial charge on any atom is -0.393 e. The number of rotatable bonds is 7. The molecule has 0 bridgehead atoms. The Morgan fingerprint density at radius 2 is 1.66 bits per heavy atom. The first-order chi connectivity index (χ1) is 19.2. The summed E-state index contributed by atoms with van der Waals surface area (Å²) in [5.41, 5.74) is -0.701. The molecule has 41 heavy (non-hydrogen) atoms. The summed E-state index contributed by atoms with van der Waals surface area (Å²) in [7, 11) is -3.91. The van der Waals surface area contributed by atoms with Gasteiger partial charge in [0.2, 0.25) is 5.91 Å². The third-order valence-electron chi connectivity index (χ3n) is 12.3. The van der Waals surface area contributed by atoms with Crippen molar-refractivity contribution in [3.63, 3.8) is 0 Å². The lowest BCUT2D eigenvalue weighted by molar-refractivity contribution is -0.286. The number of aliphatic hydroxyl groups is 2. The molecule has 4 aliphatic rings. The second kappa shape index (κ2) is 10.8. The van der Waals surface area contributed by atoms with Gasteiger partial charge in [-0.1, -0.05) is 52.3 Å². The summed E-state index contributed by atoms with van der Waals surface area (Å²) in [5.74, 6) is -4.67. The van der Waals surface area contributed by atoms with E-state index in [1.165, 1.54) is 12.1 Å². The van der Waals surface area contributed by atoms with Crippen LogP contribution in [0.25, 0.3) is 0 Å². The van der Waals surface area contributed by atoms with Gasteiger partial charge in [0.05, 0.1) is 11.0 Å². The molecule has 0 saturated heterocycles. The van der Waals surface area contributed by atoms with E-state index in [1.54, 1.807) is 18.2 Å². The Hall–Kier alpha value is -1.58. The van der Waals surface area contributed by atoms with E-state index in [2.05, 4.69) is 18.6 Å². The van der Waals surface area contributed by atoms with Crippen molar-refractivity contribution in [1.29, 1.82) is 0 Å². The Morgan fingerprint density at radius 1 is 1.02 bits per heavy atom. The lowest BCUT2D eigenvalue weighted by Crippen LogP contribution is -2.67. The van der Waals surface area contributed by atoms with Crippen LogP contribution in [0.1, 0.15) is 85.5 Å². The van der Waals surface area contributed by atoms with Crippen LogP contribution in [0.15, 0.2) is 35.2 Å². The monoisotopic (exact) mass is 595 g/mol. The van der Waals surface area contributed by atoms with E-state index >= 15 is 8.78 Å². The molecule has 0 aromatic heterocycles. The molecule has 1 amide bonds. The standard InChI is InChI=1S/C32H47F2NO5S/c1-5-21-28(38)27-23-13-12-22(19(2)11-14-26(37)35-41(39,40)20-9-7-6-8-10-20)30(23,3)17-15-24(27)31(4)18-16-25(36)32(33,34)29(21)31/h6-10,19,21-25,27-29,36,38H,5,11-18H2,1-4H3,(H,35,37)/t19?,21-,22+,23-,24-,25+,27-,28+,29-,30+,31+/m0/s1. The van der Waals surface area contributed by atoms with E-state index in [-0.39, 0.29) is 46.8 Å². The van der Waals surface area contributed by atoms with Gasteiger partial charge in [0.15, 0.2) is 0 Å². The van der Waals surface area contributed by atoms with Crippen molar-refractivity contribution in [1.82, 2.24) is 4.72 Å². The molecule has 3 N–H and O–H groups in total. The van der Waals surface area contributed by atoms with E-state index < -0.39 is 51.3 Å². The topological polar surface area (TPSA) is 104 Å². The van der Waals surface area contributed by atoms with Gasteiger partial charge in [-0.3, -0.25) is 4.79 Å². The first-order valence-corrected chi connectivity index (χ1v) is 17.0. The minimum atomic E-state index is -3.91. The SMILES string of the molecule is CC[C@H]1[C@@H](O)[C@@H]2[C@H](CC[C@]3(C)[C@@H](C(C)CCC(=O)NS(=O)(=O)c4ccccc4)CC[C@@H]23)[C@@]2(C)CC[C@@H](O)C(F)(F)[C@@H]12. The van der Waals surface area contributed by atoms with Crippen LogP contribution in [0.5, 0.6) is 0 Å². The van der Waals surface area contributed by atoms with Crippen molar-refractivity contribution in [2.45, 2.75) is 109 Å². The van der Waals surface area contributed by atoms with E-state index in [4.69, 9.17) is 0 Å². The molecule has 1 unspecified atom stereocenters. The molecule has 4 fully saturated rings. The molecule has 4 aliphatic carbocycles. The molecule has 0 aliphatic heterocycles. The lowest BCUT2D eigenvalue weighted by atomic mass is 9.40. The van der Waals surface area contributed by atoms with Crippen LogP contribution in [0, 0.1) is 52.3 Å². The number of carbonyl (C=O) groups excluding carboxylic acids is 1. The molecule has 0 heterocycles. The molecular formula is C32H47F2NO5S. The summed E-state index contributed by atoms with van der Waals surface area (Å²) in [6, 6.07) is 7.85. The van der Waals surface area contributed by atoms with E-state index in [0.717, 1.165) is 25.7 Å². The molecule has 6 nitrogen and oxygen atoms in total. The maximum absolute atomic E-state index is 15.6. The normalized spacial score (nSPS) is 42.4. The van der Waals surface area contributed by atoms with Crippen LogP contribution in [0.2, 0.25) is 0 Å². The Morgan fingerprint density at radius 3 is 2.32 bits per heavy atom. The van der Waals surface area contributed by atoms with Gasteiger partial charge in [-0.15, -0.1) is 0 Å². The Kier molecular flexibility index (Phi) is 8.17. The fourth-order valence-corrected chi connectivity index (χ4v) is 11.5. The largest absolute Gasteiger partial charge is 0.393 e. The number of hydrogen-bond donors (Lipinski definition) is 3. The highest BCUT2D eigenvalue weighted by molar-refractivity contribution is 7.90. The number of halogens is 2. The van der Waals surface area contributed by atoms with Crippen molar-refractivity contribution in [3.05, 3.63) is 30.3 Å². The van der Waals surface area contributed by atoms with Crippen molar-refractivity contribution < 1.29 is 32.2 Å². The number of alkyl halides is 2. The van der Waals surface area contributed by atoms with Crippen molar-refractivity contribution >= 4 is 15.9 Å². The number of sulfonamides is 1. The van der Waals surface area contributed by atoms with Crippen molar-refractivity contribution in [2.75, 3.05) is 0 Å². The number of fused-ring (bicyclic) bond motifs is 5. The lowest BCUT2D eigenvalue weighted by Gasteiger charge is -2.65. The summed E-state index contributed by atoms with van der Waals surface area (Å²) in [5, 5.41) is 22.1. The highest BCUT2D eigenvalue weighted by Crippen LogP contribution is 2.71. The van der Waals surface area contributed by atoms with Crippen molar-refractivity contribution in [3.8, 4) is 0 Å². The molecule has 230 valence electrons. The highest BCUT2D eigenvalue weighted by Gasteiger charge is 2.70. The quantitative estimate of drug-likeness (QED) is 0.371. The van der Waals surface area contributed by atoms with Gasteiger partial charge in [0, 0.05) is 12.3 Å². The summed E-state index contributed by atoms with van der Waals surface area (Å²) < 4.78 is 58.5. The van der Waals surface area contributed by atoms with Crippen LogP contribution in [-0.4, -0.2) is 42.7 Å². The molecular weight excluding hydrogens is 548 g/mol. The average Bonchev–Trinajstić information content (AvgIpc) is 3.28. The van der Waals surface area contributed by atoms with Gasteiger partial charge in [0.1, 0.15) is 6.10 Å². The van der Waals surface area contributed by atoms with E-state index in [9.17, 15) is 23.4 Å². The zero-order valence-corrected chi connectivity index (χ0v) is 25.5. The van der Waals surface area contributed by atoms with Crippen LogP contribution >= 0.6 is 0 Å². The number of nitrogens with one attached hydrogen (secondary N) is 1. The number of hydrogen-bond acceptors (Lipinski definition) is 5. The number of amides is 1. The molecule has 5 rings (SSSR count). The Bertz CT molecular complexity index is 1230. The van der Waals surface area contributed by atoms with Crippen LogP contribution in [-0.2, 0) is 14.8 Å². The van der Waals surface area contributed by atoms with Crippen molar-refractivity contribution in [2.24, 2.45) is 52.3 Å². The van der Waals surface area contributed by atoms with Gasteiger partial charge < -0.3 is 10.2 Å². The second-order valence-corrected chi connectivity index (χ2v) is 15.8.